The van der Waals surface area contributed by atoms with Crippen LogP contribution in [-0.2, 0) is 12.1 Å². The quantitative estimate of drug-likeness (QED) is 0.163. The number of nitrogen functional groups attached to an aromatic ring is 1. The van der Waals surface area contributed by atoms with Crippen LogP contribution < -0.4 is 5.73 Å². The van der Waals surface area contributed by atoms with E-state index in [1.807, 2.05) is 24.3 Å². The number of hydrogen-bond donors (Lipinski definition) is 1. The standard InChI is InChI=1S/C41H33N3/c1-41(2)35-17-9-6-14-30(35)33-25-39-34(24-36(33)41)31-15-8-11-19-38(31)44(39)26-43-40(32-16-7-10-18-37(32)42)29-22-20-28(21-23-29)27-12-4-3-5-13-27/h3-25H,26,42H2,1-2H3. The Balaban J connectivity index is 1.30. The molecule has 8 rings (SSSR count). The van der Waals surface area contributed by atoms with E-state index in [-0.39, 0.29) is 5.41 Å². The van der Waals surface area contributed by atoms with Crippen LogP contribution in [0.1, 0.15) is 36.1 Å². The average Bonchev–Trinajstić information content (AvgIpc) is 3.49. The van der Waals surface area contributed by atoms with Crippen LogP contribution in [0.4, 0.5) is 5.69 Å². The van der Waals surface area contributed by atoms with E-state index in [0.717, 1.165) is 22.5 Å². The van der Waals surface area contributed by atoms with Crippen LogP contribution in [0.3, 0.4) is 0 Å². The fraction of sp³-hybridized carbons (Fsp3) is 0.0976. The molecule has 6 aromatic carbocycles. The number of nitrogens with zero attached hydrogens (tertiary/aromatic N) is 2. The lowest BCUT2D eigenvalue weighted by Gasteiger charge is -2.21. The molecule has 3 nitrogen and oxygen atoms in total. The minimum absolute atomic E-state index is 0.0502. The molecule has 212 valence electrons. The molecule has 0 radical (unpaired) electrons. The van der Waals surface area contributed by atoms with Gasteiger partial charge in [0.1, 0.15) is 6.67 Å². The molecular weight excluding hydrogens is 534 g/mol. The van der Waals surface area contributed by atoms with Gasteiger partial charge >= 0.3 is 0 Å². The van der Waals surface area contributed by atoms with Gasteiger partial charge in [0, 0.05) is 33.0 Å². The Kier molecular flexibility index (Phi) is 6.02. The average molecular weight is 568 g/mol. The van der Waals surface area contributed by atoms with Gasteiger partial charge in [-0.1, -0.05) is 129 Å². The van der Waals surface area contributed by atoms with E-state index in [0.29, 0.717) is 6.67 Å². The van der Waals surface area contributed by atoms with E-state index in [1.165, 1.54) is 55.2 Å². The maximum atomic E-state index is 6.55. The minimum Gasteiger partial charge on any atom is -0.398 e. The molecule has 1 aliphatic rings. The van der Waals surface area contributed by atoms with E-state index in [4.69, 9.17) is 10.7 Å². The van der Waals surface area contributed by atoms with Gasteiger partial charge in [-0.15, -0.1) is 0 Å². The minimum atomic E-state index is -0.0502. The van der Waals surface area contributed by atoms with Crippen LogP contribution in [0.2, 0.25) is 0 Å². The highest BCUT2D eigenvalue weighted by Crippen LogP contribution is 2.50. The van der Waals surface area contributed by atoms with Crippen molar-refractivity contribution in [2.45, 2.75) is 25.9 Å². The van der Waals surface area contributed by atoms with Gasteiger partial charge in [0.25, 0.3) is 0 Å². The summed E-state index contributed by atoms with van der Waals surface area (Å²) >= 11 is 0. The van der Waals surface area contributed by atoms with Crippen LogP contribution in [-0.4, -0.2) is 10.3 Å². The van der Waals surface area contributed by atoms with Gasteiger partial charge in [0.15, 0.2) is 0 Å². The Morgan fingerprint density at radius 2 is 1.30 bits per heavy atom. The lowest BCUT2D eigenvalue weighted by molar-refractivity contribution is 0.661. The predicted octanol–water partition coefficient (Wildman–Crippen LogP) is 9.85. The third kappa shape index (κ3) is 4.08. The second kappa shape index (κ2) is 10.1. The summed E-state index contributed by atoms with van der Waals surface area (Å²) in [6.07, 6.45) is 0. The smallest absolute Gasteiger partial charge is 0.115 e. The number of aromatic nitrogens is 1. The van der Waals surface area contributed by atoms with E-state index >= 15 is 0 Å². The largest absolute Gasteiger partial charge is 0.398 e. The topological polar surface area (TPSA) is 43.3 Å². The summed E-state index contributed by atoms with van der Waals surface area (Å²) < 4.78 is 2.36. The molecule has 0 atom stereocenters. The summed E-state index contributed by atoms with van der Waals surface area (Å²) in [6.45, 7) is 5.15. The van der Waals surface area contributed by atoms with Gasteiger partial charge in [-0.3, -0.25) is 4.99 Å². The van der Waals surface area contributed by atoms with Crippen LogP contribution >= 0.6 is 0 Å². The first-order valence-electron chi connectivity index (χ1n) is 15.2. The molecule has 0 amide bonds. The van der Waals surface area contributed by atoms with Crippen molar-refractivity contribution in [3.8, 4) is 22.3 Å². The number of rotatable bonds is 5. The van der Waals surface area contributed by atoms with Crippen molar-refractivity contribution in [3.63, 3.8) is 0 Å². The predicted molar refractivity (Wildman–Crippen MR) is 185 cm³/mol. The van der Waals surface area contributed by atoms with Gasteiger partial charge in [0.05, 0.1) is 16.7 Å². The van der Waals surface area contributed by atoms with Crippen LogP contribution in [0.5, 0.6) is 0 Å². The van der Waals surface area contributed by atoms with Crippen molar-refractivity contribution in [1.82, 2.24) is 4.57 Å². The molecule has 3 heteroatoms. The molecule has 0 saturated heterocycles. The van der Waals surface area contributed by atoms with Crippen molar-refractivity contribution in [3.05, 3.63) is 162 Å². The van der Waals surface area contributed by atoms with Crippen LogP contribution in [0.25, 0.3) is 44.1 Å². The van der Waals surface area contributed by atoms with E-state index in [2.05, 4.69) is 134 Å². The number of fused-ring (bicyclic) bond motifs is 6. The van der Waals surface area contributed by atoms with Crippen LogP contribution in [0.15, 0.2) is 145 Å². The van der Waals surface area contributed by atoms with E-state index in [9.17, 15) is 0 Å². The second-order valence-electron chi connectivity index (χ2n) is 12.2. The number of hydrogen-bond acceptors (Lipinski definition) is 2. The maximum Gasteiger partial charge on any atom is 0.115 e. The summed E-state index contributed by atoms with van der Waals surface area (Å²) in [5.41, 5.74) is 20.3. The lowest BCUT2D eigenvalue weighted by Crippen LogP contribution is -2.14. The lowest BCUT2D eigenvalue weighted by atomic mass is 9.82. The summed E-state index contributed by atoms with van der Waals surface area (Å²) in [6, 6.07) is 49.5. The third-order valence-corrected chi connectivity index (χ3v) is 9.33. The highest BCUT2D eigenvalue weighted by atomic mass is 15.1. The molecule has 44 heavy (non-hydrogen) atoms. The monoisotopic (exact) mass is 567 g/mol. The normalized spacial score (nSPS) is 13.7. The van der Waals surface area contributed by atoms with E-state index in [1.54, 1.807) is 0 Å². The van der Waals surface area contributed by atoms with Gasteiger partial charge in [-0.05, 0) is 57.6 Å². The van der Waals surface area contributed by atoms with Gasteiger partial charge < -0.3 is 10.3 Å². The van der Waals surface area contributed by atoms with Crippen LogP contribution in [0, 0.1) is 0 Å². The molecule has 1 aromatic heterocycles. The molecule has 0 spiro atoms. The Morgan fingerprint density at radius 3 is 2.11 bits per heavy atom. The van der Waals surface area contributed by atoms with Gasteiger partial charge in [-0.2, -0.15) is 0 Å². The molecule has 7 aromatic rings. The Hall–Kier alpha value is -5.41. The number of anilines is 1. The number of para-hydroxylation sites is 2. The SMILES string of the molecule is CC1(C)c2ccccc2-c2cc3c(cc21)c1ccccc1n3CN=C(c1ccc(-c2ccccc2)cc1)c1ccccc1N. The molecule has 0 unspecified atom stereocenters. The number of aliphatic imine (C=N–C) groups is 1. The van der Waals surface area contributed by atoms with Gasteiger partial charge in [0.2, 0.25) is 0 Å². The van der Waals surface area contributed by atoms with Crippen molar-refractivity contribution in [2.75, 3.05) is 5.73 Å². The molecular formula is C41H33N3. The molecule has 0 aliphatic heterocycles. The maximum absolute atomic E-state index is 6.55. The molecule has 0 fully saturated rings. The summed E-state index contributed by atoms with van der Waals surface area (Å²) in [5, 5.41) is 2.52. The molecule has 1 heterocycles. The molecule has 2 N–H and O–H groups in total. The van der Waals surface area contributed by atoms with Crippen molar-refractivity contribution in [2.24, 2.45) is 4.99 Å². The zero-order valence-corrected chi connectivity index (χ0v) is 25.0. The zero-order chi connectivity index (χ0) is 29.8. The summed E-state index contributed by atoms with van der Waals surface area (Å²) in [4.78, 5) is 5.34. The van der Waals surface area contributed by atoms with Crippen molar-refractivity contribution in [1.29, 1.82) is 0 Å². The first-order chi connectivity index (χ1) is 21.5. The fourth-order valence-electron chi connectivity index (χ4n) is 7.03. The number of benzene rings is 6. The highest BCUT2D eigenvalue weighted by Gasteiger charge is 2.36. The van der Waals surface area contributed by atoms with Crippen molar-refractivity contribution >= 4 is 33.2 Å². The molecule has 1 aliphatic carbocycles. The van der Waals surface area contributed by atoms with Crippen molar-refractivity contribution < 1.29 is 0 Å². The van der Waals surface area contributed by atoms with Gasteiger partial charge in [-0.25, -0.2) is 0 Å². The zero-order valence-electron chi connectivity index (χ0n) is 25.0. The Morgan fingerprint density at radius 1 is 0.614 bits per heavy atom. The fourth-order valence-corrected chi connectivity index (χ4v) is 7.03. The molecule has 0 saturated carbocycles. The number of nitrogens with two attached hydrogens (primary N) is 1. The summed E-state index contributed by atoms with van der Waals surface area (Å²) in [5.74, 6) is 0. The van der Waals surface area contributed by atoms with E-state index < -0.39 is 0 Å². The Bertz CT molecular complexity index is 2220. The molecule has 0 bridgehead atoms. The first kappa shape index (κ1) is 26.2. The summed E-state index contributed by atoms with van der Waals surface area (Å²) in [7, 11) is 0. The third-order valence-electron chi connectivity index (χ3n) is 9.33. The Labute approximate surface area is 257 Å². The second-order valence-corrected chi connectivity index (χ2v) is 12.2. The highest BCUT2D eigenvalue weighted by molar-refractivity contribution is 6.16. The first-order valence-corrected chi connectivity index (χ1v) is 15.2.